The number of non-ortho nitro benzene ring substituents is 1. The Morgan fingerprint density at radius 2 is 2.00 bits per heavy atom. The summed E-state index contributed by atoms with van der Waals surface area (Å²) in [6, 6.07) is 7.13. The quantitative estimate of drug-likeness (QED) is 0.631. The number of nitro benzene ring substituents is 1. The van der Waals surface area contributed by atoms with Gasteiger partial charge in [0.1, 0.15) is 5.52 Å². The Morgan fingerprint density at radius 1 is 1.20 bits per heavy atom. The number of nitro groups is 1. The molecule has 1 aliphatic rings. The molecular weight excluding hydrogens is 258 g/mol. The lowest BCUT2D eigenvalue weighted by Gasteiger charge is -2.26. The molecule has 106 valence electrons. The maximum atomic E-state index is 11.1. The van der Waals surface area contributed by atoms with Gasteiger partial charge in [0.25, 0.3) is 5.69 Å². The molecule has 0 aliphatic carbocycles. The summed E-state index contributed by atoms with van der Waals surface area (Å²) >= 11 is 0. The fraction of sp³-hybridized carbons (Fsp3) is 0.429. The molecule has 0 saturated carbocycles. The van der Waals surface area contributed by atoms with Crippen LogP contribution in [0.25, 0.3) is 10.9 Å². The average Bonchev–Trinajstić information content (AvgIpc) is 2.89. The van der Waals surface area contributed by atoms with Gasteiger partial charge >= 0.3 is 0 Å². The Balaban J connectivity index is 1.82. The van der Waals surface area contributed by atoms with Crippen molar-refractivity contribution >= 4 is 16.6 Å². The van der Waals surface area contributed by atoms with Gasteiger partial charge in [-0.15, -0.1) is 0 Å². The van der Waals surface area contributed by atoms with Gasteiger partial charge in [0, 0.05) is 43.8 Å². The van der Waals surface area contributed by atoms with Crippen LogP contribution in [0.5, 0.6) is 0 Å². The summed E-state index contributed by atoms with van der Waals surface area (Å²) in [5, 5.41) is 12.1. The van der Waals surface area contributed by atoms with Gasteiger partial charge in [-0.05, 0) is 6.07 Å². The smallest absolute Gasteiger partial charge is 0.293 e. The van der Waals surface area contributed by atoms with Crippen LogP contribution in [0.4, 0.5) is 5.69 Å². The first kappa shape index (κ1) is 13.1. The van der Waals surface area contributed by atoms with Crippen LogP contribution in [0.2, 0.25) is 0 Å². The van der Waals surface area contributed by atoms with Crippen molar-refractivity contribution in [2.24, 2.45) is 0 Å². The van der Waals surface area contributed by atoms with Crippen molar-refractivity contribution in [3.8, 4) is 0 Å². The van der Waals surface area contributed by atoms with Crippen LogP contribution < -0.4 is 0 Å². The molecule has 0 amide bonds. The number of fused-ring (bicyclic) bond motifs is 1. The molecule has 6 heteroatoms. The molecule has 0 radical (unpaired) electrons. The van der Waals surface area contributed by atoms with E-state index in [-0.39, 0.29) is 10.6 Å². The minimum absolute atomic E-state index is 0.175. The van der Waals surface area contributed by atoms with E-state index in [1.807, 2.05) is 22.9 Å². The third-order valence-corrected chi connectivity index (χ3v) is 3.72. The predicted octanol–water partition coefficient (Wildman–Crippen LogP) is 1.88. The van der Waals surface area contributed by atoms with Gasteiger partial charge in [0.05, 0.1) is 18.1 Å². The third-order valence-electron chi connectivity index (χ3n) is 3.72. The molecule has 0 spiro atoms. The van der Waals surface area contributed by atoms with Gasteiger partial charge in [0.15, 0.2) is 0 Å². The summed E-state index contributed by atoms with van der Waals surface area (Å²) in [4.78, 5) is 13.1. The summed E-state index contributed by atoms with van der Waals surface area (Å²) < 4.78 is 7.29. The molecule has 1 fully saturated rings. The lowest BCUT2D eigenvalue weighted by Crippen LogP contribution is -2.38. The first-order chi connectivity index (χ1) is 9.75. The maximum absolute atomic E-state index is 11.1. The van der Waals surface area contributed by atoms with E-state index in [2.05, 4.69) is 4.90 Å². The van der Waals surface area contributed by atoms with E-state index in [0.717, 1.165) is 44.8 Å². The number of nitrogens with zero attached hydrogens (tertiary/aromatic N) is 3. The van der Waals surface area contributed by atoms with Gasteiger partial charge in [-0.3, -0.25) is 15.0 Å². The molecule has 0 bridgehead atoms. The van der Waals surface area contributed by atoms with Gasteiger partial charge in [0.2, 0.25) is 0 Å². The Kier molecular flexibility index (Phi) is 3.66. The predicted molar refractivity (Wildman–Crippen MR) is 75.9 cm³/mol. The highest BCUT2D eigenvalue weighted by molar-refractivity contribution is 5.88. The number of aromatic nitrogens is 1. The van der Waals surface area contributed by atoms with E-state index in [9.17, 15) is 10.1 Å². The molecule has 3 rings (SSSR count). The highest BCUT2D eigenvalue weighted by Gasteiger charge is 2.16. The second-order valence-electron chi connectivity index (χ2n) is 4.94. The third kappa shape index (κ3) is 2.52. The maximum Gasteiger partial charge on any atom is 0.293 e. The summed E-state index contributed by atoms with van der Waals surface area (Å²) in [7, 11) is 0. The molecule has 0 atom stereocenters. The zero-order chi connectivity index (χ0) is 13.9. The molecule has 1 aromatic carbocycles. The number of benzene rings is 1. The van der Waals surface area contributed by atoms with Gasteiger partial charge in [-0.1, -0.05) is 12.1 Å². The van der Waals surface area contributed by atoms with Crippen LogP contribution in [0, 0.1) is 10.1 Å². The molecular formula is C14H17N3O3. The molecule has 1 aliphatic heterocycles. The first-order valence-electron chi connectivity index (χ1n) is 6.78. The zero-order valence-corrected chi connectivity index (χ0v) is 11.2. The average molecular weight is 275 g/mol. The SMILES string of the molecule is O=[N+]([O-])c1cccc2ccn(CCN3CCOCC3)c12. The van der Waals surface area contributed by atoms with E-state index in [4.69, 9.17) is 4.74 Å². The molecule has 1 aromatic heterocycles. The summed E-state index contributed by atoms with van der Waals surface area (Å²) in [6.07, 6.45) is 1.93. The lowest BCUT2D eigenvalue weighted by molar-refractivity contribution is -0.383. The fourth-order valence-electron chi connectivity index (χ4n) is 2.65. The van der Waals surface area contributed by atoms with Crippen molar-refractivity contribution in [1.82, 2.24) is 9.47 Å². The molecule has 0 unspecified atom stereocenters. The monoisotopic (exact) mass is 275 g/mol. The number of morpholine rings is 1. The summed E-state index contributed by atoms with van der Waals surface area (Å²) in [5.41, 5.74) is 0.889. The second-order valence-corrected chi connectivity index (χ2v) is 4.94. The number of hydrogen-bond donors (Lipinski definition) is 0. The molecule has 2 heterocycles. The van der Waals surface area contributed by atoms with Crippen LogP contribution in [0.15, 0.2) is 30.5 Å². The number of rotatable bonds is 4. The minimum atomic E-state index is -0.312. The van der Waals surface area contributed by atoms with E-state index in [0.29, 0.717) is 5.52 Å². The van der Waals surface area contributed by atoms with Gasteiger partial charge in [-0.25, -0.2) is 0 Å². The van der Waals surface area contributed by atoms with E-state index >= 15 is 0 Å². The van der Waals surface area contributed by atoms with Crippen molar-refractivity contribution in [2.75, 3.05) is 32.8 Å². The van der Waals surface area contributed by atoms with Crippen LogP contribution >= 0.6 is 0 Å². The summed E-state index contributed by atoms with van der Waals surface area (Å²) in [6.45, 7) is 5.05. The van der Waals surface area contributed by atoms with E-state index in [1.54, 1.807) is 12.1 Å². The van der Waals surface area contributed by atoms with Gasteiger partial charge in [-0.2, -0.15) is 0 Å². The van der Waals surface area contributed by atoms with Crippen molar-refractivity contribution in [2.45, 2.75) is 6.54 Å². The van der Waals surface area contributed by atoms with Crippen LogP contribution in [-0.4, -0.2) is 47.2 Å². The van der Waals surface area contributed by atoms with Crippen molar-refractivity contribution in [3.63, 3.8) is 0 Å². The zero-order valence-electron chi connectivity index (χ0n) is 11.2. The van der Waals surface area contributed by atoms with Gasteiger partial charge < -0.3 is 9.30 Å². The topological polar surface area (TPSA) is 60.5 Å². The van der Waals surface area contributed by atoms with E-state index in [1.165, 1.54) is 0 Å². The van der Waals surface area contributed by atoms with Crippen molar-refractivity contribution in [1.29, 1.82) is 0 Å². The molecule has 1 saturated heterocycles. The largest absolute Gasteiger partial charge is 0.379 e. The van der Waals surface area contributed by atoms with Crippen LogP contribution in [0.3, 0.4) is 0 Å². The first-order valence-corrected chi connectivity index (χ1v) is 6.78. The van der Waals surface area contributed by atoms with Crippen LogP contribution in [0.1, 0.15) is 0 Å². The summed E-state index contributed by atoms with van der Waals surface area (Å²) in [5.74, 6) is 0. The fourth-order valence-corrected chi connectivity index (χ4v) is 2.65. The highest BCUT2D eigenvalue weighted by atomic mass is 16.6. The van der Waals surface area contributed by atoms with E-state index < -0.39 is 0 Å². The molecule has 20 heavy (non-hydrogen) atoms. The molecule has 6 nitrogen and oxygen atoms in total. The number of hydrogen-bond acceptors (Lipinski definition) is 4. The standard InChI is InChI=1S/C14H17N3O3/c18-17(19)13-3-1-2-12-4-5-16(14(12)13)7-6-15-8-10-20-11-9-15/h1-5H,6-11H2. The Morgan fingerprint density at radius 3 is 2.75 bits per heavy atom. The highest BCUT2D eigenvalue weighted by Crippen LogP contribution is 2.26. The normalized spacial score (nSPS) is 16.6. The van der Waals surface area contributed by atoms with Crippen LogP contribution in [-0.2, 0) is 11.3 Å². The minimum Gasteiger partial charge on any atom is -0.379 e. The Bertz CT molecular complexity index is 617. The number of ether oxygens (including phenoxy) is 1. The second kappa shape index (κ2) is 5.60. The van der Waals surface area contributed by atoms with Crippen molar-refractivity contribution in [3.05, 3.63) is 40.6 Å². The molecule has 0 N–H and O–H groups in total. The number of para-hydroxylation sites is 1. The lowest BCUT2D eigenvalue weighted by atomic mass is 10.2. The Hall–Kier alpha value is -1.92. The molecule has 2 aromatic rings. The van der Waals surface area contributed by atoms with Crippen molar-refractivity contribution < 1.29 is 9.66 Å². The Labute approximate surface area is 116 Å².